The lowest BCUT2D eigenvalue weighted by Gasteiger charge is -2.06. The van der Waals surface area contributed by atoms with Crippen LogP contribution >= 0.6 is 0 Å². The first kappa shape index (κ1) is 14.2. The van der Waals surface area contributed by atoms with Crippen molar-refractivity contribution in [1.29, 1.82) is 0 Å². The summed E-state index contributed by atoms with van der Waals surface area (Å²) >= 11 is 0. The zero-order valence-electron chi connectivity index (χ0n) is 10.9. The predicted octanol–water partition coefficient (Wildman–Crippen LogP) is 3.54. The minimum atomic E-state index is 0.435. The van der Waals surface area contributed by atoms with E-state index >= 15 is 0 Å². The minimum absolute atomic E-state index is 0.435. The number of hydrogen-bond acceptors (Lipinski definition) is 2. The second-order valence-electron chi connectivity index (χ2n) is 4.14. The smallest absolute Gasteiger partial charge is 0.0472 e. The summed E-state index contributed by atoms with van der Waals surface area (Å²) in [5.74, 6) is 0. The van der Waals surface area contributed by atoms with Crippen LogP contribution in [-0.4, -0.2) is 18.3 Å². The Bertz CT molecular complexity index is 217. The summed E-state index contributed by atoms with van der Waals surface area (Å²) in [6.45, 7) is 11.8. The van der Waals surface area contributed by atoms with Crippen LogP contribution in [0.15, 0.2) is 16.8 Å². The van der Waals surface area contributed by atoms with Crippen molar-refractivity contribution in [3.05, 3.63) is 11.8 Å². The highest BCUT2D eigenvalue weighted by Crippen LogP contribution is 1.98. The van der Waals surface area contributed by atoms with Crippen LogP contribution in [0.2, 0.25) is 0 Å². The molecule has 0 aromatic rings. The SMILES string of the molecule is CCCCNC(C)=CC(C)=NC(C)CC. The van der Waals surface area contributed by atoms with Gasteiger partial charge in [-0.2, -0.15) is 0 Å². The van der Waals surface area contributed by atoms with Crippen LogP contribution in [0.3, 0.4) is 0 Å². The summed E-state index contributed by atoms with van der Waals surface area (Å²) in [5.41, 5.74) is 2.33. The van der Waals surface area contributed by atoms with E-state index in [2.05, 4.69) is 51.0 Å². The number of allylic oxidation sites excluding steroid dienone is 2. The molecule has 1 N–H and O–H groups in total. The molecule has 0 rings (SSSR count). The Hall–Kier alpha value is -0.790. The molecule has 0 radical (unpaired) electrons. The second kappa shape index (κ2) is 8.51. The molecule has 0 saturated carbocycles. The zero-order valence-corrected chi connectivity index (χ0v) is 10.9. The topological polar surface area (TPSA) is 24.4 Å². The van der Waals surface area contributed by atoms with Crippen LogP contribution in [0.25, 0.3) is 0 Å². The third-order valence-electron chi connectivity index (χ3n) is 2.37. The predicted molar refractivity (Wildman–Crippen MR) is 69.5 cm³/mol. The number of hydrogen-bond donors (Lipinski definition) is 1. The second-order valence-corrected chi connectivity index (χ2v) is 4.14. The van der Waals surface area contributed by atoms with Crippen molar-refractivity contribution in [3.8, 4) is 0 Å². The molecule has 0 amide bonds. The summed E-state index contributed by atoms with van der Waals surface area (Å²) in [6.07, 6.45) is 5.70. The lowest BCUT2D eigenvalue weighted by Crippen LogP contribution is -2.13. The summed E-state index contributed by atoms with van der Waals surface area (Å²) in [4.78, 5) is 4.56. The summed E-state index contributed by atoms with van der Waals surface area (Å²) in [5, 5.41) is 3.39. The fraction of sp³-hybridized carbons (Fsp3) is 0.769. The van der Waals surface area contributed by atoms with Gasteiger partial charge in [0.05, 0.1) is 0 Å². The highest BCUT2D eigenvalue weighted by Gasteiger charge is 1.95. The third kappa shape index (κ3) is 8.22. The first-order chi connectivity index (χ1) is 7.10. The maximum atomic E-state index is 4.56. The molecular weight excluding hydrogens is 184 g/mol. The molecular formula is C13H26N2. The molecule has 0 saturated heterocycles. The molecule has 1 unspecified atom stereocenters. The van der Waals surface area contributed by atoms with E-state index in [9.17, 15) is 0 Å². The van der Waals surface area contributed by atoms with Crippen LogP contribution in [0.5, 0.6) is 0 Å². The molecule has 0 aromatic heterocycles. The molecule has 88 valence electrons. The molecule has 0 spiro atoms. The van der Waals surface area contributed by atoms with Gasteiger partial charge in [-0.1, -0.05) is 20.3 Å². The molecule has 0 aliphatic rings. The van der Waals surface area contributed by atoms with Gasteiger partial charge in [0.1, 0.15) is 0 Å². The molecule has 15 heavy (non-hydrogen) atoms. The highest BCUT2D eigenvalue weighted by atomic mass is 14.9. The van der Waals surface area contributed by atoms with Gasteiger partial charge in [0.25, 0.3) is 0 Å². The van der Waals surface area contributed by atoms with Crippen LogP contribution in [0.1, 0.15) is 53.9 Å². The fourth-order valence-corrected chi connectivity index (χ4v) is 1.30. The lowest BCUT2D eigenvalue weighted by atomic mass is 10.2. The average molecular weight is 210 g/mol. The van der Waals surface area contributed by atoms with Crippen LogP contribution < -0.4 is 5.32 Å². The molecule has 0 aliphatic heterocycles. The maximum Gasteiger partial charge on any atom is 0.0472 e. The Kier molecular flexibility index (Phi) is 8.06. The van der Waals surface area contributed by atoms with E-state index in [0.717, 1.165) is 18.7 Å². The van der Waals surface area contributed by atoms with E-state index in [0.29, 0.717) is 6.04 Å². The quantitative estimate of drug-likeness (QED) is 0.504. The van der Waals surface area contributed by atoms with E-state index in [1.807, 2.05) is 0 Å². The molecule has 1 atom stereocenters. The molecule has 0 fully saturated rings. The van der Waals surface area contributed by atoms with E-state index in [-0.39, 0.29) is 0 Å². The Morgan fingerprint density at radius 1 is 1.33 bits per heavy atom. The third-order valence-corrected chi connectivity index (χ3v) is 2.37. The molecule has 2 heteroatoms. The standard InChI is InChI=1S/C13H26N2/c1-6-8-9-14-12(4)10-13(5)15-11(3)7-2/h10-11,14H,6-9H2,1-5H3. The maximum absolute atomic E-state index is 4.56. The summed E-state index contributed by atoms with van der Waals surface area (Å²) in [6, 6.07) is 0.435. The molecule has 0 aromatic carbocycles. The van der Waals surface area contributed by atoms with Crippen molar-refractivity contribution < 1.29 is 0 Å². The normalized spacial score (nSPS) is 15.3. The first-order valence-electron chi connectivity index (χ1n) is 6.06. The van der Waals surface area contributed by atoms with Crippen molar-refractivity contribution in [2.45, 2.75) is 59.9 Å². The number of rotatable bonds is 7. The summed E-state index contributed by atoms with van der Waals surface area (Å²) < 4.78 is 0. The molecule has 0 aliphatic carbocycles. The fourth-order valence-electron chi connectivity index (χ4n) is 1.30. The Morgan fingerprint density at radius 3 is 2.53 bits per heavy atom. The van der Waals surface area contributed by atoms with E-state index in [1.165, 1.54) is 18.5 Å². The van der Waals surface area contributed by atoms with Crippen molar-refractivity contribution in [3.63, 3.8) is 0 Å². The van der Waals surface area contributed by atoms with Crippen molar-refractivity contribution in [2.75, 3.05) is 6.54 Å². The van der Waals surface area contributed by atoms with Gasteiger partial charge in [-0.15, -0.1) is 0 Å². The van der Waals surface area contributed by atoms with Crippen molar-refractivity contribution >= 4 is 5.71 Å². The van der Waals surface area contributed by atoms with Gasteiger partial charge in [-0.05, 0) is 39.7 Å². The van der Waals surface area contributed by atoms with Crippen LogP contribution in [0, 0.1) is 0 Å². The van der Waals surface area contributed by atoms with Gasteiger partial charge in [0.2, 0.25) is 0 Å². The van der Waals surface area contributed by atoms with Crippen molar-refractivity contribution in [1.82, 2.24) is 5.32 Å². The lowest BCUT2D eigenvalue weighted by molar-refractivity contribution is 0.708. The highest BCUT2D eigenvalue weighted by molar-refractivity contribution is 5.93. The molecule has 0 bridgehead atoms. The van der Waals surface area contributed by atoms with Crippen LogP contribution in [-0.2, 0) is 0 Å². The van der Waals surface area contributed by atoms with Gasteiger partial charge in [0.15, 0.2) is 0 Å². The monoisotopic (exact) mass is 210 g/mol. The number of nitrogens with zero attached hydrogens (tertiary/aromatic N) is 1. The zero-order chi connectivity index (χ0) is 11.7. The minimum Gasteiger partial charge on any atom is -0.389 e. The van der Waals surface area contributed by atoms with E-state index in [4.69, 9.17) is 0 Å². The average Bonchev–Trinajstić information content (AvgIpc) is 2.17. The number of aliphatic imine (C=N–C) groups is 1. The first-order valence-corrected chi connectivity index (χ1v) is 6.06. The molecule has 2 nitrogen and oxygen atoms in total. The van der Waals surface area contributed by atoms with Gasteiger partial charge >= 0.3 is 0 Å². The van der Waals surface area contributed by atoms with Gasteiger partial charge in [0, 0.05) is 24.0 Å². The van der Waals surface area contributed by atoms with Crippen LogP contribution in [0.4, 0.5) is 0 Å². The Balaban J connectivity index is 4.04. The van der Waals surface area contributed by atoms with E-state index < -0.39 is 0 Å². The number of nitrogens with one attached hydrogen (secondary N) is 1. The van der Waals surface area contributed by atoms with Gasteiger partial charge in [-0.25, -0.2) is 0 Å². The van der Waals surface area contributed by atoms with Crippen molar-refractivity contribution in [2.24, 2.45) is 4.99 Å². The van der Waals surface area contributed by atoms with E-state index in [1.54, 1.807) is 0 Å². The Labute approximate surface area is 94.9 Å². The largest absolute Gasteiger partial charge is 0.389 e. The van der Waals surface area contributed by atoms with Gasteiger partial charge < -0.3 is 5.32 Å². The Morgan fingerprint density at radius 2 is 2.00 bits per heavy atom. The summed E-state index contributed by atoms with van der Waals surface area (Å²) in [7, 11) is 0. The molecule has 0 heterocycles. The van der Waals surface area contributed by atoms with Gasteiger partial charge in [-0.3, -0.25) is 4.99 Å². The number of unbranched alkanes of at least 4 members (excludes halogenated alkanes) is 1.